The van der Waals surface area contributed by atoms with Crippen LogP contribution in [0.4, 0.5) is 0 Å². The number of hydrogen-bond acceptors (Lipinski definition) is 1. The van der Waals surface area contributed by atoms with Gasteiger partial charge in [0.1, 0.15) is 0 Å². The van der Waals surface area contributed by atoms with Crippen molar-refractivity contribution < 1.29 is 10.1 Å². The molecule has 22 heavy (non-hydrogen) atoms. The van der Waals surface area contributed by atoms with Crippen LogP contribution in [0.3, 0.4) is 0 Å². The van der Waals surface area contributed by atoms with E-state index in [1.807, 2.05) is 31.2 Å². The van der Waals surface area contributed by atoms with Gasteiger partial charge in [-0.1, -0.05) is 43.0 Å². The van der Waals surface area contributed by atoms with Crippen LogP contribution >= 0.6 is 11.6 Å². The molecule has 0 aliphatic heterocycles. The number of quaternary nitrogens is 1. The van der Waals surface area contributed by atoms with Gasteiger partial charge in [0.05, 0.1) is 12.1 Å². The van der Waals surface area contributed by atoms with Crippen LogP contribution in [-0.4, -0.2) is 18.5 Å². The topological polar surface area (TPSA) is 45.7 Å². The number of rotatable bonds is 5. The normalized spacial score (nSPS) is 18.3. The van der Waals surface area contributed by atoms with Crippen LogP contribution < -0.4 is 10.6 Å². The van der Waals surface area contributed by atoms with E-state index in [0.717, 1.165) is 10.6 Å². The Bertz CT molecular complexity index is 453. The van der Waals surface area contributed by atoms with Crippen LogP contribution in [-0.2, 0) is 4.79 Å². The molecule has 0 radical (unpaired) electrons. The minimum absolute atomic E-state index is 0.0236. The summed E-state index contributed by atoms with van der Waals surface area (Å²) in [6.45, 7) is 2.54. The molecule has 0 unspecified atom stereocenters. The molecule has 1 atom stereocenters. The molecule has 0 bridgehead atoms. The molecule has 2 rings (SSSR count). The number of nitrogens with two attached hydrogens (primary N) is 1. The molecule has 0 spiro atoms. The summed E-state index contributed by atoms with van der Waals surface area (Å²) in [6, 6.07) is 8.30. The lowest BCUT2D eigenvalue weighted by molar-refractivity contribution is -0.680. The van der Waals surface area contributed by atoms with Gasteiger partial charge in [-0.25, -0.2) is 0 Å². The Labute approximate surface area is 138 Å². The van der Waals surface area contributed by atoms with Crippen molar-refractivity contribution in [1.29, 1.82) is 0 Å². The van der Waals surface area contributed by atoms with Gasteiger partial charge in [-0.05, 0) is 50.3 Å². The zero-order valence-electron chi connectivity index (χ0n) is 13.5. The molecule has 1 fully saturated rings. The van der Waals surface area contributed by atoms with Gasteiger partial charge in [-0.15, -0.1) is 0 Å². The summed E-state index contributed by atoms with van der Waals surface area (Å²) in [6.07, 6.45) is 9.20. The average molecular weight is 324 g/mol. The van der Waals surface area contributed by atoms with Gasteiger partial charge in [0.15, 0.2) is 6.54 Å². The van der Waals surface area contributed by atoms with E-state index in [1.165, 1.54) is 44.9 Å². The molecule has 4 heteroatoms. The van der Waals surface area contributed by atoms with Crippen molar-refractivity contribution in [1.82, 2.24) is 5.32 Å². The number of halogens is 1. The molecule has 0 saturated heterocycles. The van der Waals surface area contributed by atoms with E-state index in [0.29, 0.717) is 12.6 Å². The number of carbonyl (C=O) groups is 1. The molecule has 1 aliphatic rings. The van der Waals surface area contributed by atoms with Crippen molar-refractivity contribution >= 4 is 17.5 Å². The van der Waals surface area contributed by atoms with Crippen LogP contribution in [0, 0.1) is 0 Å². The highest BCUT2D eigenvalue weighted by Crippen LogP contribution is 2.16. The predicted molar refractivity (Wildman–Crippen MR) is 90.9 cm³/mol. The number of nitrogens with one attached hydrogen (secondary N) is 1. The van der Waals surface area contributed by atoms with Crippen LogP contribution in [0.15, 0.2) is 24.3 Å². The molecule has 1 aromatic rings. The first-order valence-corrected chi connectivity index (χ1v) is 8.91. The second-order valence-corrected chi connectivity index (χ2v) is 6.82. The highest BCUT2D eigenvalue weighted by molar-refractivity contribution is 6.30. The minimum Gasteiger partial charge on any atom is -0.345 e. The summed E-state index contributed by atoms with van der Waals surface area (Å²) < 4.78 is 0. The maximum atomic E-state index is 12.1. The summed E-state index contributed by atoms with van der Waals surface area (Å²) in [5.74, 6) is 0.115. The summed E-state index contributed by atoms with van der Waals surface area (Å²) in [7, 11) is 0. The SMILES string of the molecule is C[C@@H](NC(=O)C[NH2+]C1CCCCCCC1)c1ccc(Cl)cc1. The van der Waals surface area contributed by atoms with Crippen molar-refractivity contribution in [3.05, 3.63) is 34.9 Å². The third-order valence-electron chi connectivity index (χ3n) is 4.53. The van der Waals surface area contributed by atoms with E-state index in [9.17, 15) is 4.79 Å². The molecular weight excluding hydrogens is 296 g/mol. The molecule has 1 saturated carbocycles. The molecule has 1 aliphatic carbocycles. The quantitative estimate of drug-likeness (QED) is 0.859. The number of carbonyl (C=O) groups excluding carboxylic acids is 1. The summed E-state index contributed by atoms with van der Waals surface area (Å²) in [4.78, 5) is 12.1. The summed E-state index contributed by atoms with van der Waals surface area (Å²) in [5, 5.41) is 6.02. The van der Waals surface area contributed by atoms with E-state index >= 15 is 0 Å². The van der Waals surface area contributed by atoms with Crippen molar-refractivity contribution in [2.75, 3.05) is 6.54 Å². The van der Waals surface area contributed by atoms with Crippen LogP contribution in [0.1, 0.15) is 63.5 Å². The highest BCUT2D eigenvalue weighted by Gasteiger charge is 2.17. The largest absolute Gasteiger partial charge is 0.345 e. The zero-order chi connectivity index (χ0) is 15.8. The van der Waals surface area contributed by atoms with E-state index in [1.54, 1.807) is 0 Å². The monoisotopic (exact) mass is 323 g/mol. The fourth-order valence-electron chi connectivity index (χ4n) is 3.13. The lowest BCUT2D eigenvalue weighted by Gasteiger charge is -2.19. The van der Waals surface area contributed by atoms with E-state index in [2.05, 4.69) is 10.6 Å². The summed E-state index contributed by atoms with van der Waals surface area (Å²) in [5.41, 5.74) is 1.09. The standard InChI is InChI=1S/C18H27ClN2O/c1-14(15-9-11-16(19)12-10-15)21-18(22)13-20-17-7-5-3-2-4-6-8-17/h9-12,14,17,20H,2-8,13H2,1H3,(H,21,22)/p+1/t14-/m1/s1. The van der Waals surface area contributed by atoms with Gasteiger partial charge >= 0.3 is 0 Å². The number of benzene rings is 1. The van der Waals surface area contributed by atoms with E-state index < -0.39 is 0 Å². The molecule has 0 heterocycles. The highest BCUT2D eigenvalue weighted by atomic mass is 35.5. The number of hydrogen-bond donors (Lipinski definition) is 2. The second-order valence-electron chi connectivity index (χ2n) is 6.39. The first-order chi connectivity index (χ1) is 10.6. The Hall–Kier alpha value is -1.06. The number of amides is 1. The Balaban J connectivity index is 1.73. The fraction of sp³-hybridized carbons (Fsp3) is 0.611. The fourth-order valence-corrected chi connectivity index (χ4v) is 3.26. The molecule has 1 amide bonds. The zero-order valence-corrected chi connectivity index (χ0v) is 14.2. The Morgan fingerprint density at radius 3 is 2.41 bits per heavy atom. The van der Waals surface area contributed by atoms with Gasteiger partial charge in [0.2, 0.25) is 0 Å². The maximum Gasteiger partial charge on any atom is 0.275 e. The maximum absolute atomic E-state index is 12.1. The molecular formula is C18H28ClN2O+. The smallest absolute Gasteiger partial charge is 0.275 e. The van der Waals surface area contributed by atoms with Gasteiger partial charge in [0.25, 0.3) is 5.91 Å². The minimum atomic E-state index is 0.0236. The molecule has 0 aromatic heterocycles. The van der Waals surface area contributed by atoms with Crippen molar-refractivity contribution in [2.45, 2.75) is 64.0 Å². The Kier molecular flexibility index (Phi) is 7.20. The predicted octanol–water partition coefficient (Wildman–Crippen LogP) is 3.19. The van der Waals surface area contributed by atoms with Crippen LogP contribution in [0.5, 0.6) is 0 Å². The van der Waals surface area contributed by atoms with Crippen molar-refractivity contribution in [3.63, 3.8) is 0 Å². The molecule has 3 nitrogen and oxygen atoms in total. The van der Waals surface area contributed by atoms with Crippen LogP contribution in [0.25, 0.3) is 0 Å². The Morgan fingerprint density at radius 1 is 1.18 bits per heavy atom. The second kappa shape index (κ2) is 9.16. The molecule has 1 aromatic carbocycles. The van der Waals surface area contributed by atoms with Gasteiger partial charge in [-0.3, -0.25) is 4.79 Å². The van der Waals surface area contributed by atoms with E-state index in [4.69, 9.17) is 11.6 Å². The molecule has 122 valence electrons. The van der Waals surface area contributed by atoms with E-state index in [-0.39, 0.29) is 11.9 Å². The van der Waals surface area contributed by atoms with Gasteiger partial charge in [-0.2, -0.15) is 0 Å². The summed E-state index contributed by atoms with van der Waals surface area (Å²) >= 11 is 5.89. The first kappa shape index (κ1) is 17.3. The van der Waals surface area contributed by atoms with Crippen molar-refractivity contribution in [3.8, 4) is 0 Å². The third kappa shape index (κ3) is 5.98. The van der Waals surface area contributed by atoms with Gasteiger partial charge in [0, 0.05) is 5.02 Å². The average Bonchev–Trinajstić information content (AvgIpc) is 2.46. The third-order valence-corrected chi connectivity index (χ3v) is 4.79. The van der Waals surface area contributed by atoms with Crippen LogP contribution in [0.2, 0.25) is 5.02 Å². The van der Waals surface area contributed by atoms with Gasteiger partial charge < -0.3 is 10.6 Å². The lowest BCUT2D eigenvalue weighted by Crippen LogP contribution is -2.92. The Morgan fingerprint density at radius 2 is 1.77 bits per heavy atom. The lowest BCUT2D eigenvalue weighted by atomic mass is 9.97. The first-order valence-electron chi connectivity index (χ1n) is 8.53. The van der Waals surface area contributed by atoms with Crippen molar-refractivity contribution in [2.24, 2.45) is 0 Å². The molecule has 3 N–H and O–H groups in total.